The number of benzene rings is 1. The minimum absolute atomic E-state index is 0.122. The Bertz CT molecular complexity index is 648. The molecule has 1 saturated heterocycles. The second-order valence-electron chi connectivity index (χ2n) is 5.17. The smallest absolute Gasteiger partial charge is 0.310 e. The highest BCUT2D eigenvalue weighted by Gasteiger charge is 2.46. The first kappa shape index (κ1) is 13.6. The number of cyclic esters (lactones) is 1. The number of ketones is 1. The summed E-state index contributed by atoms with van der Waals surface area (Å²) in [5, 5.41) is 0. The van der Waals surface area contributed by atoms with Crippen molar-refractivity contribution in [3.05, 3.63) is 23.3 Å². The summed E-state index contributed by atoms with van der Waals surface area (Å²) >= 11 is 0. The molecule has 1 heterocycles. The van der Waals surface area contributed by atoms with Crippen LogP contribution >= 0.6 is 0 Å². The number of Topliss-reactive ketones (excluding diaryl/α,β-unsaturated/α-hetero) is 1. The fourth-order valence-corrected chi connectivity index (χ4v) is 2.87. The van der Waals surface area contributed by atoms with Crippen LogP contribution in [-0.2, 0) is 20.7 Å². The quantitative estimate of drug-likeness (QED) is 0.600. The van der Waals surface area contributed by atoms with Crippen LogP contribution in [0.5, 0.6) is 11.5 Å². The topological polar surface area (TPSA) is 78.9 Å². The van der Waals surface area contributed by atoms with Crippen LogP contribution in [0.4, 0.5) is 0 Å². The van der Waals surface area contributed by atoms with Crippen molar-refractivity contribution in [2.75, 3.05) is 13.7 Å². The summed E-state index contributed by atoms with van der Waals surface area (Å²) in [6.45, 7) is 1.40. The highest BCUT2D eigenvalue weighted by molar-refractivity contribution is 6.04. The Labute approximate surface area is 121 Å². The zero-order valence-electron chi connectivity index (χ0n) is 11.7. The predicted molar refractivity (Wildman–Crippen MR) is 70.3 cm³/mol. The second-order valence-corrected chi connectivity index (χ2v) is 5.17. The summed E-state index contributed by atoms with van der Waals surface area (Å²) in [7, 11) is 1.45. The molecule has 2 aliphatic rings. The Morgan fingerprint density at radius 2 is 2.00 bits per heavy atom. The number of hydrogen-bond acceptors (Lipinski definition) is 6. The monoisotopic (exact) mass is 290 g/mol. The summed E-state index contributed by atoms with van der Waals surface area (Å²) in [4.78, 5) is 35.3. The fourth-order valence-electron chi connectivity index (χ4n) is 2.87. The molecule has 1 aromatic rings. The van der Waals surface area contributed by atoms with Gasteiger partial charge in [0.25, 0.3) is 0 Å². The van der Waals surface area contributed by atoms with Crippen LogP contribution in [0.1, 0.15) is 22.8 Å². The number of methoxy groups -OCH3 is 1. The van der Waals surface area contributed by atoms with E-state index in [1.54, 1.807) is 6.07 Å². The molecular formula is C15H14O6. The maximum Gasteiger partial charge on any atom is 0.310 e. The number of hydrogen-bond donors (Lipinski definition) is 0. The van der Waals surface area contributed by atoms with E-state index < -0.39 is 17.8 Å². The lowest BCUT2D eigenvalue weighted by molar-refractivity contribution is -0.141. The Kier molecular flexibility index (Phi) is 3.16. The standard InChI is InChI=1S/C15H14O6/c1-7(16)21-13-5-9-8(4-12(13)19-2)3-10-11(14(9)17)6-20-15(10)18/h4-5,10-11H,3,6H2,1-2H3. The molecule has 3 rings (SSSR count). The molecule has 0 aromatic heterocycles. The number of rotatable bonds is 2. The fraction of sp³-hybridized carbons (Fsp3) is 0.400. The molecule has 6 nitrogen and oxygen atoms in total. The predicted octanol–water partition coefficient (Wildman–Crippen LogP) is 1.15. The lowest BCUT2D eigenvalue weighted by atomic mass is 9.76. The largest absolute Gasteiger partial charge is 0.493 e. The normalized spacial score (nSPS) is 23.1. The van der Waals surface area contributed by atoms with E-state index >= 15 is 0 Å². The molecule has 21 heavy (non-hydrogen) atoms. The molecule has 1 aliphatic carbocycles. The van der Waals surface area contributed by atoms with Gasteiger partial charge in [0, 0.05) is 12.5 Å². The summed E-state index contributed by atoms with van der Waals surface area (Å²) < 4.78 is 15.2. The van der Waals surface area contributed by atoms with Crippen LogP contribution in [0.15, 0.2) is 12.1 Å². The van der Waals surface area contributed by atoms with Crippen LogP contribution < -0.4 is 9.47 Å². The zero-order chi connectivity index (χ0) is 15.1. The minimum Gasteiger partial charge on any atom is -0.493 e. The first-order valence-electron chi connectivity index (χ1n) is 6.61. The van der Waals surface area contributed by atoms with Gasteiger partial charge in [0.1, 0.15) is 6.61 Å². The Balaban J connectivity index is 2.06. The number of carbonyl (C=O) groups is 3. The second kappa shape index (κ2) is 4.87. The molecule has 1 aromatic carbocycles. The molecule has 0 N–H and O–H groups in total. The zero-order valence-corrected chi connectivity index (χ0v) is 11.7. The number of ether oxygens (including phenoxy) is 3. The van der Waals surface area contributed by atoms with Crippen LogP contribution in [0.25, 0.3) is 0 Å². The molecule has 1 fully saturated rings. The lowest BCUT2D eigenvalue weighted by Crippen LogP contribution is -2.32. The molecule has 1 aliphatic heterocycles. The third-order valence-electron chi connectivity index (χ3n) is 3.88. The van der Waals surface area contributed by atoms with Gasteiger partial charge in [-0.05, 0) is 24.1 Å². The molecular weight excluding hydrogens is 276 g/mol. The van der Waals surface area contributed by atoms with Crippen molar-refractivity contribution in [2.24, 2.45) is 11.8 Å². The summed E-state index contributed by atoms with van der Waals surface area (Å²) in [5.74, 6) is -1.26. The number of esters is 2. The highest BCUT2D eigenvalue weighted by atomic mass is 16.6. The van der Waals surface area contributed by atoms with Crippen molar-refractivity contribution in [1.82, 2.24) is 0 Å². The molecule has 0 spiro atoms. The lowest BCUT2D eigenvalue weighted by Gasteiger charge is -2.24. The summed E-state index contributed by atoms with van der Waals surface area (Å²) in [6, 6.07) is 3.16. The Hall–Kier alpha value is -2.37. The van der Waals surface area contributed by atoms with E-state index in [1.165, 1.54) is 20.1 Å². The summed E-state index contributed by atoms with van der Waals surface area (Å²) in [6.07, 6.45) is 0.432. The maximum atomic E-state index is 12.5. The van der Waals surface area contributed by atoms with E-state index in [2.05, 4.69) is 0 Å². The van der Waals surface area contributed by atoms with Crippen LogP contribution in [0.2, 0.25) is 0 Å². The van der Waals surface area contributed by atoms with Crippen molar-refractivity contribution in [3.63, 3.8) is 0 Å². The van der Waals surface area contributed by atoms with Crippen molar-refractivity contribution in [3.8, 4) is 11.5 Å². The molecule has 0 radical (unpaired) electrons. The van der Waals surface area contributed by atoms with Gasteiger partial charge >= 0.3 is 11.9 Å². The molecule has 2 unspecified atom stereocenters. The van der Waals surface area contributed by atoms with Crippen molar-refractivity contribution in [2.45, 2.75) is 13.3 Å². The van der Waals surface area contributed by atoms with Crippen LogP contribution in [-0.4, -0.2) is 31.4 Å². The molecule has 0 amide bonds. The van der Waals surface area contributed by atoms with Crippen LogP contribution in [0.3, 0.4) is 0 Å². The van der Waals surface area contributed by atoms with E-state index in [0.29, 0.717) is 23.3 Å². The highest BCUT2D eigenvalue weighted by Crippen LogP contribution is 2.40. The number of fused-ring (bicyclic) bond motifs is 2. The van der Waals surface area contributed by atoms with Gasteiger partial charge in [0.05, 0.1) is 18.9 Å². The Morgan fingerprint density at radius 1 is 1.24 bits per heavy atom. The molecule has 0 saturated carbocycles. The van der Waals surface area contributed by atoms with Crippen molar-refractivity contribution < 1.29 is 28.6 Å². The van der Waals surface area contributed by atoms with E-state index in [4.69, 9.17) is 14.2 Å². The van der Waals surface area contributed by atoms with Crippen molar-refractivity contribution >= 4 is 17.7 Å². The van der Waals surface area contributed by atoms with E-state index in [0.717, 1.165) is 0 Å². The van der Waals surface area contributed by atoms with Gasteiger partial charge < -0.3 is 14.2 Å². The first-order chi connectivity index (χ1) is 10.0. The Morgan fingerprint density at radius 3 is 2.67 bits per heavy atom. The van der Waals surface area contributed by atoms with Gasteiger partial charge in [0.15, 0.2) is 17.3 Å². The van der Waals surface area contributed by atoms with Crippen LogP contribution in [0, 0.1) is 11.8 Å². The van der Waals surface area contributed by atoms with E-state index in [1.807, 2.05) is 0 Å². The third-order valence-corrected chi connectivity index (χ3v) is 3.88. The average molecular weight is 290 g/mol. The SMILES string of the molecule is COc1cc2c(cc1OC(C)=O)C(=O)C1COC(=O)C1C2. The van der Waals surface area contributed by atoms with Gasteiger partial charge in [-0.25, -0.2) is 0 Å². The third kappa shape index (κ3) is 2.16. The molecule has 2 atom stereocenters. The molecule has 110 valence electrons. The van der Waals surface area contributed by atoms with Gasteiger partial charge in [-0.15, -0.1) is 0 Å². The minimum atomic E-state index is -0.492. The van der Waals surface area contributed by atoms with E-state index in [9.17, 15) is 14.4 Å². The number of carbonyl (C=O) groups excluding carboxylic acids is 3. The first-order valence-corrected chi connectivity index (χ1v) is 6.61. The molecule has 6 heteroatoms. The van der Waals surface area contributed by atoms with Crippen molar-refractivity contribution in [1.29, 1.82) is 0 Å². The van der Waals surface area contributed by atoms with Gasteiger partial charge in [-0.1, -0.05) is 0 Å². The maximum absolute atomic E-state index is 12.5. The molecule has 0 bridgehead atoms. The van der Waals surface area contributed by atoms with Gasteiger partial charge in [-0.3, -0.25) is 14.4 Å². The summed E-state index contributed by atoms with van der Waals surface area (Å²) in [5.41, 5.74) is 1.18. The van der Waals surface area contributed by atoms with Gasteiger partial charge in [0.2, 0.25) is 0 Å². The average Bonchev–Trinajstić information content (AvgIpc) is 2.80. The van der Waals surface area contributed by atoms with Gasteiger partial charge in [-0.2, -0.15) is 0 Å². The van der Waals surface area contributed by atoms with E-state index in [-0.39, 0.29) is 24.1 Å².